The summed E-state index contributed by atoms with van der Waals surface area (Å²) < 4.78 is 33.6. The van der Waals surface area contributed by atoms with Crippen LogP contribution in [0.1, 0.15) is 23.2 Å². The molecule has 4 heterocycles. The molecule has 23 heteroatoms. The molecule has 338 valence electrons. The van der Waals surface area contributed by atoms with Gasteiger partial charge in [-0.3, -0.25) is 43.9 Å². The number of ether oxygens (including phenoxy) is 1. The van der Waals surface area contributed by atoms with Crippen molar-refractivity contribution in [3.8, 4) is 11.8 Å². The topological polar surface area (TPSA) is 252 Å². The van der Waals surface area contributed by atoms with Gasteiger partial charge in [0.25, 0.3) is 11.8 Å². The first-order valence-corrected chi connectivity index (χ1v) is 20.4. The second-order valence-electron chi connectivity index (χ2n) is 15.6. The Morgan fingerprint density at radius 1 is 0.762 bits per heavy atom. The molecule has 3 fully saturated rings. The van der Waals surface area contributed by atoms with E-state index in [0.29, 0.717) is 75.5 Å². The minimum atomic E-state index is -3.17. The molecule has 1 atom stereocenters. The third kappa shape index (κ3) is 16.0. The summed E-state index contributed by atoms with van der Waals surface area (Å²) in [7, 11) is 0. The normalized spacial score (nSPS) is 19.9. The fraction of sp³-hybridized carbons (Fsp3) is 0.600. The molecule has 3 amide bonds. The van der Waals surface area contributed by atoms with E-state index in [1.54, 1.807) is 43.9 Å². The number of benzene rings is 1. The first kappa shape index (κ1) is 50.7. The number of carboxylic acid groups (broad SMARTS) is 3. The SMILES string of the molecule is N#C[C@@H]1CC(F)(F)CN1C(=O)CNC(=O)c1ccnc2ccc(OCCCN3CCN(C(=O)CN4CCN(CC(=O)[O-])CCN(CC(=O)[O-])CCN(CC(=O)[O-])CC4)CC3)cc12.[68Ga+3]. The van der Waals surface area contributed by atoms with Gasteiger partial charge in [-0.15, -0.1) is 0 Å². The maximum Gasteiger partial charge on any atom is 3.00 e. The predicted octanol–water partition coefficient (Wildman–Crippen LogP) is -5.27. The molecule has 0 saturated carbocycles. The molecular formula is C40H51F2GaN10O10. The van der Waals surface area contributed by atoms with Gasteiger partial charge >= 0.3 is 19.8 Å². The van der Waals surface area contributed by atoms with Crippen molar-refractivity contribution in [2.45, 2.75) is 24.8 Å². The van der Waals surface area contributed by atoms with Crippen molar-refractivity contribution in [2.24, 2.45) is 0 Å². The molecule has 3 aliphatic rings. The number of pyridine rings is 1. The van der Waals surface area contributed by atoms with E-state index in [4.69, 9.17) is 4.74 Å². The molecular weight excluding hydrogens is 886 g/mol. The summed E-state index contributed by atoms with van der Waals surface area (Å²) in [5, 5.41) is 46.4. The van der Waals surface area contributed by atoms with Gasteiger partial charge in [0, 0.05) is 123 Å². The monoisotopic (exact) mass is 937 g/mol. The fourth-order valence-electron chi connectivity index (χ4n) is 7.71. The number of halogens is 2. The van der Waals surface area contributed by atoms with Crippen LogP contribution in [0.4, 0.5) is 8.78 Å². The number of carbonyl (C=O) groups excluding carboxylic acids is 6. The summed E-state index contributed by atoms with van der Waals surface area (Å²) >= 11 is 0. The molecule has 0 spiro atoms. The smallest absolute Gasteiger partial charge is 0.549 e. The molecule has 0 aliphatic carbocycles. The predicted molar refractivity (Wildman–Crippen MR) is 214 cm³/mol. The quantitative estimate of drug-likeness (QED) is 0.122. The summed E-state index contributed by atoms with van der Waals surface area (Å²) in [5.41, 5.74) is 0.696. The van der Waals surface area contributed by atoms with E-state index in [1.165, 1.54) is 12.3 Å². The van der Waals surface area contributed by atoms with Gasteiger partial charge < -0.3 is 49.6 Å². The number of carbonyl (C=O) groups is 6. The number of hydrogen-bond donors (Lipinski definition) is 1. The summed E-state index contributed by atoms with van der Waals surface area (Å²) in [6.07, 6.45) is 1.33. The summed E-state index contributed by atoms with van der Waals surface area (Å²) in [6.45, 7) is 2.59. The second kappa shape index (κ2) is 24.2. The van der Waals surface area contributed by atoms with Crippen molar-refractivity contribution < 1.29 is 57.6 Å². The Bertz CT molecular complexity index is 1940. The Morgan fingerprint density at radius 2 is 1.29 bits per heavy atom. The van der Waals surface area contributed by atoms with Gasteiger partial charge in [-0.1, -0.05) is 0 Å². The molecule has 0 unspecified atom stereocenters. The van der Waals surface area contributed by atoms with E-state index < -0.39 is 67.7 Å². The van der Waals surface area contributed by atoms with E-state index >= 15 is 0 Å². The van der Waals surface area contributed by atoms with Crippen molar-refractivity contribution in [1.29, 1.82) is 5.26 Å². The van der Waals surface area contributed by atoms with Gasteiger partial charge in [0.15, 0.2) is 0 Å². The van der Waals surface area contributed by atoms with Crippen molar-refractivity contribution in [3.05, 3.63) is 36.0 Å². The number of rotatable bonds is 16. The van der Waals surface area contributed by atoms with Crippen molar-refractivity contribution in [3.63, 3.8) is 0 Å². The zero-order chi connectivity index (χ0) is 44.8. The van der Waals surface area contributed by atoms with Crippen LogP contribution in [0.5, 0.6) is 5.75 Å². The van der Waals surface area contributed by atoms with Gasteiger partial charge in [0.2, 0.25) is 11.8 Å². The number of carboxylic acids is 3. The number of alkyl halides is 2. The van der Waals surface area contributed by atoms with Gasteiger partial charge in [-0.2, -0.15) is 5.26 Å². The van der Waals surface area contributed by atoms with Gasteiger partial charge in [-0.05, 0) is 30.7 Å². The van der Waals surface area contributed by atoms with Crippen LogP contribution in [0.15, 0.2) is 30.5 Å². The number of nitriles is 1. The van der Waals surface area contributed by atoms with Gasteiger partial charge in [0.05, 0.1) is 61.3 Å². The fourth-order valence-corrected chi connectivity index (χ4v) is 7.71. The average molecular weight is 938 g/mol. The van der Waals surface area contributed by atoms with Crippen molar-refractivity contribution >= 4 is 66.3 Å². The van der Waals surface area contributed by atoms with E-state index in [2.05, 4.69) is 15.2 Å². The maximum absolute atomic E-state index is 13.8. The Kier molecular flexibility index (Phi) is 19.5. The minimum absolute atomic E-state index is 0. The molecule has 0 bridgehead atoms. The molecule has 63 heavy (non-hydrogen) atoms. The van der Waals surface area contributed by atoms with Crippen LogP contribution in [-0.4, -0.2) is 238 Å². The standard InChI is InChI=1S/C40H54F2N10O10.Ga/c41-40(42)21-29(22-43)52(28-40)34(53)23-45-39(61)31-4-5-44-33-3-2-30(20-32(31)33)62-19-1-6-46-15-17-51(18-16-46)35(54)24-47-7-9-48(25-36(55)56)11-13-50(27-38(59)60)14-12-49(10-8-47)26-37(57)58;/h2-5,20,29H,1,6-19,21,23-28H2,(H,45,61)(H,55,56)(H,57,58)(H,59,60);/q;+3/p-3/t29-;/m0./s1/i;1-2. The molecule has 20 nitrogen and oxygen atoms in total. The third-order valence-electron chi connectivity index (χ3n) is 11.1. The minimum Gasteiger partial charge on any atom is -0.549 e. The third-order valence-corrected chi connectivity index (χ3v) is 11.1. The number of aliphatic carboxylic acids is 3. The van der Waals surface area contributed by atoms with Crippen LogP contribution < -0.4 is 25.4 Å². The number of fused-ring (bicyclic) bond motifs is 1. The van der Waals surface area contributed by atoms with Crippen LogP contribution in [0.2, 0.25) is 0 Å². The number of nitrogens with one attached hydrogen (secondary N) is 1. The Labute approximate surface area is 376 Å². The zero-order valence-electron chi connectivity index (χ0n) is 35.0. The van der Waals surface area contributed by atoms with E-state index in [9.17, 15) is 58.1 Å². The molecule has 2 aromatic rings. The van der Waals surface area contributed by atoms with Gasteiger partial charge in [0.1, 0.15) is 11.8 Å². The van der Waals surface area contributed by atoms with Crippen LogP contribution in [0.25, 0.3) is 10.9 Å². The summed E-state index contributed by atoms with van der Waals surface area (Å²) in [6, 6.07) is 6.97. The van der Waals surface area contributed by atoms with Crippen molar-refractivity contribution in [2.75, 3.05) is 131 Å². The molecule has 5 rings (SSSR count). The van der Waals surface area contributed by atoms with Crippen LogP contribution >= 0.6 is 0 Å². The number of nitrogens with zero attached hydrogens (tertiary/aromatic N) is 9. The number of piperazine rings is 1. The maximum atomic E-state index is 13.8. The molecule has 1 aromatic carbocycles. The summed E-state index contributed by atoms with van der Waals surface area (Å²) in [4.78, 5) is 89.2. The Hall–Kier alpha value is -4.96. The molecule has 1 N–H and O–H groups in total. The van der Waals surface area contributed by atoms with Crippen LogP contribution in [-0.2, 0) is 24.0 Å². The second-order valence-corrected chi connectivity index (χ2v) is 15.6. The molecule has 1 aromatic heterocycles. The Morgan fingerprint density at radius 3 is 1.81 bits per heavy atom. The molecule has 0 radical (unpaired) electrons. The first-order chi connectivity index (χ1) is 29.6. The molecule has 3 saturated heterocycles. The largest absolute Gasteiger partial charge is 3.00 e. The van der Waals surface area contributed by atoms with E-state index in [1.807, 2.05) is 4.90 Å². The number of likely N-dealkylation sites (tertiary alicyclic amines) is 1. The van der Waals surface area contributed by atoms with Gasteiger partial charge in [-0.25, -0.2) is 8.78 Å². The van der Waals surface area contributed by atoms with Crippen LogP contribution in [0.3, 0.4) is 0 Å². The van der Waals surface area contributed by atoms with Crippen LogP contribution in [0, 0.1) is 11.3 Å². The van der Waals surface area contributed by atoms with E-state index in [0.717, 1.165) is 4.90 Å². The molecule has 3 aliphatic heterocycles. The number of aromatic nitrogens is 1. The Balaban J connectivity index is 0.00000871. The zero-order valence-corrected chi connectivity index (χ0v) is 37.4. The average Bonchev–Trinajstić information content (AvgIpc) is 3.55. The number of hydrogen-bond acceptors (Lipinski definition) is 17. The first-order valence-electron chi connectivity index (χ1n) is 20.4. The number of amides is 3. The van der Waals surface area contributed by atoms with Crippen molar-refractivity contribution in [1.82, 2.24) is 44.6 Å². The van der Waals surface area contributed by atoms with E-state index in [-0.39, 0.29) is 90.2 Å². The summed E-state index contributed by atoms with van der Waals surface area (Å²) in [5.74, 6) is -8.11.